The molecule has 15 heavy (non-hydrogen) atoms. The molecule has 1 saturated heterocycles. The van der Waals surface area contributed by atoms with E-state index in [0.29, 0.717) is 18.2 Å². The normalized spacial score (nSPS) is 20.9. The Bertz CT molecular complexity index is 197. The van der Waals surface area contributed by atoms with Crippen LogP contribution in [0.3, 0.4) is 0 Å². The van der Waals surface area contributed by atoms with Gasteiger partial charge in [-0.15, -0.1) is 0 Å². The molecule has 4 nitrogen and oxygen atoms in total. The van der Waals surface area contributed by atoms with Gasteiger partial charge in [0.2, 0.25) is 5.91 Å². The molecule has 1 rings (SSSR count). The number of hydrogen-bond donors (Lipinski definition) is 1. The molecule has 1 aliphatic rings. The molecular formula is C11H22N2O2. The lowest BCUT2D eigenvalue weighted by Gasteiger charge is -2.16. The summed E-state index contributed by atoms with van der Waals surface area (Å²) in [6.07, 6.45) is 2.69. The molecule has 0 aliphatic carbocycles. The van der Waals surface area contributed by atoms with Crippen LogP contribution in [0, 0.1) is 5.92 Å². The number of rotatable bonds is 6. The summed E-state index contributed by atoms with van der Waals surface area (Å²) in [6.45, 7) is 3.49. The monoisotopic (exact) mass is 214 g/mol. The minimum absolute atomic E-state index is 0.295. The number of methoxy groups -OCH3 is 1. The van der Waals surface area contributed by atoms with E-state index in [9.17, 15) is 4.79 Å². The zero-order valence-electron chi connectivity index (χ0n) is 9.79. The predicted octanol–water partition coefficient (Wildman–Crippen LogP) is 0.481. The summed E-state index contributed by atoms with van der Waals surface area (Å²) in [5, 5.41) is 3.05. The van der Waals surface area contributed by atoms with E-state index in [1.807, 2.05) is 11.9 Å². The molecule has 1 aliphatic heterocycles. The van der Waals surface area contributed by atoms with Crippen LogP contribution in [0.15, 0.2) is 0 Å². The molecule has 0 spiro atoms. The van der Waals surface area contributed by atoms with Gasteiger partial charge in [-0.25, -0.2) is 0 Å². The van der Waals surface area contributed by atoms with E-state index in [4.69, 9.17) is 4.74 Å². The van der Waals surface area contributed by atoms with Gasteiger partial charge in [-0.1, -0.05) is 0 Å². The Balaban J connectivity index is 2.18. The minimum Gasteiger partial charge on any atom is -0.384 e. The average molecular weight is 214 g/mol. The first kappa shape index (κ1) is 12.5. The highest BCUT2D eigenvalue weighted by Gasteiger charge is 2.25. The summed E-state index contributed by atoms with van der Waals surface area (Å²) in [6, 6.07) is 0. The third-order valence-corrected chi connectivity index (χ3v) is 2.86. The van der Waals surface area contributed by atoms with Crippen LogP contribution in [-0.4, -0.2) is 51.2 Å². The Labute approximate surface area is 92.0 Å². The van der Waals surface area contributed by atoms with E-state index in [-0.39, 0.29) is 0 Å². The van der Waals surface area contributed by atoms with Gasteiger partial charge >= 0.3 is 0 Å². The molecule has 1 unspecified atom stereocenters. The van der Waals surface area contributed by atoms with Gasteiger partial charge in [-0.3, -0.25) is 4.79 Å². The van der Waals surface area contributed by atoms with Crippen LogP contribution >= 0.6 is 0 Å². The SMILES string of the molecule is CNCCCC(=O)N1CCC(COC)C1. The number of carbonyl (C=O) groups excluding carboxylic acids is 1. The predicted molar refractivity (Wildman–Crippen MR) is 59.7 cm³/mol. The molecule has 1 fully saturated rings. The standard InChI is InChI=1S/C11H22N2O2/c1-12-6-3-4-11(14)13-7-5-10(8-13)9-15-2/h10,12H,3-9H2,1-2H3. The zero-order chi connectivity index (χ0) is 11.1. The van der Waals surface area contributed by atoms with Gasteiger partial charge in [0.05, 0.1) is 6.61 Å². The van der Waals surface area contributed by atoms with E-state index in [1.165, 1.54) is 0 Å². The van der Waals surface area contributed by atoms with E-state index >= 15 is 0 Å². The fraction of sp³-hybridized carbons (Fsp3) is 0.909. The number of hydrogen-bond acceptors (Lipinski definition) is 3. The molecule has 1 amide bonds. The van der Waals surface area contributed by atoms with Gasteiger partial charge < -0.3 is 15.0 Å². The van der Waals surface area contributed by atoms with E-state index in [1.54, 1.807) is 7.11 Å². The first-order valence-electron chi connectivity index (χ1n) is 5.69. The molecule has 0 radical (unpaired) electrons. The Kier molecular flexibility index (Phi) is 5.65. The van der Waals surface area contributed by atoms with Crippen molar-refractivity contribution in [3.63, 3.8) is 0 Å². The fourth-order valence-electron chi connectivity index (χ4n) is 2.01. The second kappa shape index (κ2) is 6.80. The summed E-state index contributed by atoms with van der Waals surface area (Å²) in [5.74, 6) is 0.840. The molecular weight excluding hydrogens is 192 g/mol. The zero-order valence-corrected chi connectivity index (χ0v) is 9.79. The van der Waals surface area contributed by atoms with Crippen LogP contribution in [0.25, 0.3) is 0 Å². The van der Waals surface area contributed by atoms with E-state index < -0.39 is 0 Å². The molecule has 0 aromatic heterocycles. The molecule has 1 N–H and O–H groups in total. The molecule has 88 valence electrons. The summed E-state index contributed by atoms with van der Waals surface area (Å²) < 4.78 is 5.10. The Morgan fingerprint density at radius 2 is 2.40 bits per heavy atom. The lowest BCUT2D eigenvalue weighted by Crippen LogP contribution is -2.29. The summed E-state index contributed by atoms with van der Waals surface area (Å²) in [7, 11) is 3.63. The number of ether oxygens (including phenoxy) is 1. The third-order valence-electron chi connectivity index (χ3n) is 2.86. The second-order valence-corrected chi connectivity index (χ2v) is 4.16. The van der Waals surface area contributed by atoms with Crippen molar-refractivity contribution >= 4 is 5.91 Å². The van der Waals surface area contributed by atoms with Crippen molar-refractivity contribution in [1.82, 2.24) is 10.2 Å². The summed E-state index contributed by atoms with van der Waals surface area (Å²) in [4.78, 5) is 13.7. The maximum Gasteiger partial charge on any atom is 0.222 e. The van der Waals surface area contributed by atoms with Crippen molar-refractivity contribution in [3.8, 4) is 0 Å². The number of carbonyl (C=O) groups is 1. The largest absolute Gasteiger partial charge is 0.384 e. The van der Waals surface area contributed by atoms with Crippen molar-refractivity contribution in [2.75, 3.05) is 40.4 Å². The molecule has 0 aromatic rings. The van der Waals surface area contributed by atoms with Crippen molar-refractivity contribution in [1.29, 1.82) is 0 Å². The van der Waals surface area contributed by atoms with Gasteiger partial charge in [-0.2, -0.15) is 0 Å². The Morgan fingerprint density at radius 3 is 3.07 bits per heavy atom. The van der Waals surface area contributed by atoms with Crippen molar-refractivity contribution < 1.29 is 9.53 Å². The Morgan fingerprint density at radius 1 is 1.60 bits per heavy atom. The van der Waals surface area contributed by atoms with Crippen LogP contribution in [0.4, 0.5) is 0 Å². The first-order chi connectivity index (χ1) is 7.27. The van der Waals surface area contributed by atoms with Gasteiger partial charge in [0.1, 0.15) is 0 Å². The molecule has 0 bridgehead atoms. The smallest absolute Gasteiger partial charge is 0.222 e. The highest BCUT2D eigenvalue weighted by molar-refractivity contribution is 5.76. The Hall–Kier alpha value is -0.610. The minimum atomic E-state index is 0.295. The van der Waals surface area contributed by atoms with E-state index in [2.05, 4.69) is 5.32 Å². The number of likely N-dealkylation sites (tertiary alicyclic amines) is 1. The first-order valence-corrected chi connectivity index (χ1v) is 5.69. The molecule has 1 heterocycles. The van der Waals surface area contributed by atoms with Crippen LogP contribution in [-0.2, 0) is 9.53 Å². The maximum atomic E-state index is 11.7. The summed E-state index contributed by atoms with van der Waals surface area (Å²) in [5.41, 5.74) is 0. The molecule has 4 heteroatoms. The number of nitrogens with one attached hydrogen (secondary N) is 1. The quantitative estimate of drug-likeness (QED) is 0.654. The van der Waals surface area contributed by atoms with Gasteiger partial charge in [0.25, 0.3) is 0 Å². The molecule has 1 atom stereocenters. The topological polar surface area (TPSA) is 41.6 Å². The van der Waals surface area contributed by atoms with Crippen LogP contribution < -0.4 is 5.32 Å². The average Bonchev–Trinajstić information content (AvgIpc) is 2.67. The highest BCUT2D eigenvalue weighted by Crippen LogP contribution is 2.17. The van der Waals surface area contributed by atoms with Crippen LogP contribution in [0.1, 0.15) is 19.3 Å². The summed E-state index contributed by atoms with van der Waals surface area (Å²) >= 11 is 0. The lowest BCUT2D eigenvalue weighted by molar-refractivity contribution is -0.130. The maximum absolute atomic E-state index is 11.7. The fourth-order valence-corrected chi connectivity index (χ4v) is 2.01. The van der Waals surface area contributed by atoms with Gasteiger partial charge in [0, 0.05) is 32.5 Å². The number of amides is 1. The lowest BCUT2D eigenvalue weighted by atomic mass is 10.1. The van der Waals surface area contributed by atoms with E-state index in [0.717, 1.165) is 39.1 Å². The van der Waals surface area contributed by atoms with Gasteiger partial charge in [0.15, 0.2) is 0 Å². The van der Waals surface area contributed by atoms with Gasteiger partial charge in [-0.05, 0) is 26.4 Å². The van der Waals surface area contributed by atoms with Crippen molar-refractivity contribution in [2.45, 2.75) is 19.3 Å². The molecule has 0 saturated carbocycles. The third kappa shape index (κ3) is 4.18. The van der Waals surface area contributed by atoms with Crippen LogP contribution in [0.2, 0.25) is 0 Å². The highest BCUT2D eigenvalue weighted by atomic mass is 16.5. The number of nitrogens with zero attached hydrogens (tertiary/aromatic N) is 1. The molecule has 0 aromatic carbocycles. The second-order valence-electron chi connectivity index (χ2n) is 4.16. The van der Waals surface area contributed by atoms with Crippen molar-refractivity contribution in [3.05, 3.63) is 0 Å². The van der Waals surface area contributed by atoms with Crippen molar-refractivity contribution in [2.24, 2.45) is 5.92 Å². The van der Waals surface area contributed by atoms with Crippen LogP contribution in [0.5, 0.6) is 0 Å².